The molecule has 1 fully saturated rings. The van der Waals surface area contributed by atoms with Gasteiger partial charge in [0.2, 0.25) is 0 Å². The maximum absolute atomic E-state index is 13.2. The summed E-state index contributed by atoms with van der Waals surface area (Å²) < 4.78 is 5.29. The maximum atomic E-state index is 13.2. The second kappa shape index (κ2) is 10.9. The minimum absolute atomic E-state index is 0.0698. The van der Waals surface area contributed by atoms with Crippen LogP contribution in [0.2, 0.25) is 5.02 Å². The number of carbonyl (C=O) groups excluding carboxylic acids is 2. The van der Waals surface area contributed by atoms with Gasteiger partial charge >= 0.3 is 6.09 Å². The molecule has 0 atom stereocenters. The van der Waals surface area contributed by atoms with E-state index in [0.29, 0.717) is 48.9 Å². The smallest absolute Gasteiger partial charge is 0.409 e. The predicted molar refractivity (Wildman–Crippen MR) is 135 cm³/mol. The van der Waals surface area contributed by atoms with Crippen LogP contribution in [0.3, 0.4) is 0 Å². The van der Waals surface area contributed by atoms with E-state index in [4.69, 9.17) is 21.3 Å². The van der Waals surface area contributed by atoms with E-state index < -0.39 is 0 Å². The van der Waals surface area contributed by atoms with E-state index in [1.165, 1.54) is 0 Å². The summed E-state index contributed by atoms with van der Waals surface area (Å²) in [5.41, 5.74) is 4.12. The van der Waals surface area contributed by atoms with Crippen molar-refractivity contribution in [3.63, 3.8) is 0 Å². The summed E-state index contributed by atoms with van der Waals surface area (Å²) in [7, 11) is 0. The average Bonchev–Trinajstić information content (AvgIpc) is 2.88. The van der Waals surface area contributed by atoms with Crippen LogP contribution in [0.5, 0.6) is 0 Å². The van der Waals surface area contributed by atoms with Crippen LogP contribution in [-0.2, 0) is 11.2 Å². The lowest BCUT2D eigenvalue weighted by molar-refractivity contribution is 0.0558. The minimum atomic E-state index is -0.301. The molecule has 7 heteroatoms. The molecule has 0 spiro atoms. The van der Waals surface area contributed by atoms with Crippen molar-refractivity contribution in [3.8, 4) is 11.3 Å². The maximum Gasteiger partial charge on any atom is 0.409 e. The van der Waals surface area contributed by atoms with Crippen LogP contribution in [0.4, 0.5) is 4.79 Å². The number of benzene rings is 2. The highest BCUT2D eigenvalue weighted by Gasteiger charge is 2.26. The number of hydrogen-bond acceptors (Lipinski definition) is 4. The quantitative estimate of drug-likeness (QED) is 0.418. The van der Waals surface area contributed by atoms with E-state index in [9.17, 15) is 9.59 Å². The minimum Gasteiger partial charge on any atom is -0.449 e. The molecule has 4 rings (SSSR count). The normalized spacial score (nSPS) is 13.9. The molecule has 0 N–H and O–H groups in total. The molecule has 0 saturated carbocycles. The van der Waals surface area contributed by atoms with Crippen LogP contribution in [0.15, 0.2) is 48.5 Å². The number of nitrogens with zero attached hydrogens (tertiary/aromatic N) is 3. The second-order valence-electron chi connectivity index (χ2n) is 8.45. The molecule has 0 bridgehead atoms. The highest BCUT2D eigenvalue weighted by atomic mass is 35.5. The SMILES string of the molecule is CCCCOC(=O)N1CCN(C(=O)c2ccc3c(Cl)c(CC)c(-c4ccccc4)nc3c2)CC1. The number of aromatic nitrogens is 1. The molecule has 0 radical (unpaired) electrons. The molecule has 1 aromatic heterocycles. The molecule has 2 heterocycles. The Morgan fingerprint density at radius 1 is 1.00 bits per heavy atom. The van der Waals surface area contributed by atoms with Crippen molar-refractivity contribution in [2.24, 2.45) is 0 Å². The molecule has 3 aromatic rings. The molecule has 1 saturated heterocycles. The monoisotopic (exact) mass is 479 g/mol. The summed E-state index contributed by atoms with van der Waals surface area (Å²) in [5, 5.41) is 1.52. The van der Waals surface area contributed by atoms with Gasteiger partial charge in [-0.1, -0.05) is 68.3 Å². The first-order valence-electron chi connectivity index (χ1n) is 11.9. The molecule has 178 valence electrons. The molecule has 2 aromatic carbocycles. The Morgan fingerprint density at radius 2 is 1.71 bits per heavy atom. The summed E-state index contributed by atoms with van der Waals surface area (Å²) >= 11 is 6.78. The number of piperazine rings is 1. The number of amides is 2. The van der Waals surface area contributed by atoms with Crippen molar-refractivity contribution in [3.05, 3.63) is 64.7 Å². The summed E-state index contributed by atoms with van der Waals surface area (Å²) in [6.07, 6.45) is 2.30. The molecule has 6 nitrogen and oxygen atoms in total. The van der Waals surface area contributed by atoms with Gasteiger partial charge in [0.05, 0.1) is 22.8 Å². The molecular formula is C27H30ClN3O3. The summed E-state index contributed by atoms with van der Waals surface area (Å²) in [6, 6.07) is 15.5. The van der Waals surface area contributed by atoms with Gasteiger partial charge in [0, 0.05) is 42.7 Å². The molecule has 1 aliphatic heterocycles. The van der Waals surface area contributed by atoms with Gasteiger partial charge < -0.3 is 14.5 Å². The number of ether oxygens (including phenoxy) is 1. The number of pyridine rings is 1. The van der Waals surface area contributed by atoms with Gasteiger partial charge in [-0.3, -0.25) is 4.79 Å². The Balaban J connectivity index is 1.54. The van der Waals surface area contributed by atoms with Crippen LogP contribution < -0.4 is 0 Å². The lowest BCUT2D eigenvalue weighted by Gasteiger charge is -2.34. The Bertz CT molecular complexity index is 1170. The summed E-state index contributed by atoms with van der Waals surface area (Å²) in [6.45, 7) is 6.43. The standard InChI is InChI=1S/C27H30ClN3O3/c1-3-5-17-34-27(33)31-15-13-30(14-16-31)26(32)20-11-12-22-23(18-20)29-25(21(4-2)24(22)28)19-9-7-6-8-10-19/h6-12,18H,3-5,13-17H2,1-2H3. The molecule has 1 aliphatic rings. The first kappa shape index (κ1) is 24.0. The Morgan fingerprint density at radius 3 is 2.38 bits per heavy atom. The van der Waals surface area contributed by atoms with Crippen LogP contribution in [0.25, 0.3) is 22.2 Å². The Labute approximate surface area is 205 Å². The zero-order valence-corrected chi connectivity index (χ0v) is 20.5. The van der Waals surface area contributed by atoms with Crippen molar-refractivity contribution in [2.45, 2.75) is 33.1 Å². The summed E-state index contributed by atoms with van der Waals surface area (Å²) in [4.78, 5) is 33.8. The number of hydrogen-bond donors (Lipinski definition) is 0. The zero-order chi connectivity index (χ0) is 24.1. The van der Waals surface area contributed by atoms with E-state index in [-0.39, 0.29) is 12.0 Å². The van der Waals surface area contributed by atoms with Gasteiger partial charge in [-0.05, 0) is 30.5 Å². The third kappa shape index (κ3) is 5.02. The van der Waals surface area contributed by atoms with Gasteiger partial charge in [-0.15, -0.1) is 0 Å². The first-order valence-corrected chi connectivity index (χ1v) is 12.3. The van der Waals surface area contributed by atoms with E-state index in [2.05, 4.69) is 13.8 Å². The van der Waals surface area contributed by atoms with Crippen molar-refractivity contribution < 1.29 is 14.3 Å². The van der Waals surface area contributed by atoms with Gasteiger partial charge in [-0.25, -0.2) is 9.78 Å². The van der Waals surface area contributed by atoms with Crippen LogP contribution in [0, 0.1) is 0 Å². The van der Waals surface area contributed by atoms with Crippen molar-refractivity contribution in [2.75, 3.05) is 32.8 Å². The Hall–Kier alpha value is -3.12. The summed E-state index contributed by atoms with van der Waals surface area (Å²) in [5.74, 6) is -0.0698. The van der Waals surface area contributed by atoms with Crippen LogP contribution in [0.1, 0.15) is 42.6 Å². The van der Waals surface area contributed by atoms with Gasteiger partial charge in [0.1, 0.15) is 0 Å². The third-order valence-corrected chi connectivity index (χ3v) is 6.65. The average molecular weight is 480 g/mol. The number of fused-ring (bicyclic) bond motifs is 1. The number of halogens is 1. The molecule has 2 amide bonds. The van der Waals surface area contributed by atoms with E-state index in [1.807, 2.05) is 48.5 Å². The third-order valence-electron chi connectivity index (χ3n) is 6.21. The van der Waals surface area contributed by atoms with Crippen LogP contribution in [-0.4, -0.2) is 59.6 Å². The molecule has 0 aliphatic carbocycles. The largest absolute Gasteiger partial charge is 0.449 e. The predicted octanol–water partition coefficient (Wildman–Crippen LogP) is 5.81. The fraction of sp³-hybridized carbons (Fsp3) is 0.370. The highest BCUT2D eigenvalue weighted by molar-refractivity contribution is 6.36. The van der Waals surface area contributed by atoms with E-state index in [0.717, 1.165) is 41.5 Å². The molecule has 0 unspecified atom stereocenters. The number of unbranched alkanes of at least 4 members (excludes halogenated alkanes) is 1. The van der Waals surface area contributed by atoms with Gasteiger partial charge in [0.25, 0.3) is 5.91 Å². The van der Waals surface area contributed by atoms with E-state index in [1.54, 1.807) is 9.80 Å². The van der Waals surface area contributed by atoms with Crippen molar-refractivity contribution in [1.29, 1.82) is 0 Å². The van der Waals surface area contributed by atoms with Crippen molar-refractivity contribution >= 4 is 34.5 Å². The van der Waals surface area contributed by atoms with E-state index >= 15 is 0 Å². The van der Waals surface area contributed by atoms with Gasteiger partial charge in [-0.2, -0.15) is 0 Å². The topological polar surface area (TPSA) is 62.7 Å². The molecule has 34 heavy (non-hydrogen) atoms. The number of carbonyl (C=O) groups is 2. The number of rotatable bonds is 6. The fourth-order valence-corrected chi connectivity index (χ4v) is 4.61. The highest BCUT2D eigenvalue weighted by Crippen LogP contribution is 2.34. The lowest BCUT2D eigenvalue weighted by atomic mass is 10.0. The second-order valence-corrected chi connectivity index (χ2v) is 8.83. The lowest BCUT2D eigenvalue weighted by Crippen LogP contribution is -2.50. The zero-order valence-electron chi connectivity index (χ0n) is 19.7. The first-order chi connectivity index (χ1) is 16.5. The van der Waals surface area contributed by atoms with Gasteiger partial charge in [0.15, 0.2) is 0 Å². The Kier molecular flexibility index (Phi) is 7.68. The van der Waals surface area contributed by atoms with Crippen LogP contribution >= 0.6 is 11.6 Å². The fourth-order valence-electron chi connectivity index (χ4n) is 4.22. The van der Waals surface area contributed by atoms with Crippen molar-refractivity contribution in [1.82, 2.24) is 14.8 Å². The molecular weight excluding hydrogens is 450 g/mol.